The zero-order valence-corrected chi connectivity index (χ0v) is 15.1. The van der Waals surface area contributed by atoms with Gasteiger partial charge in [-0.15, -0.1) is 0 Å². The Morgan fingerprint density at radius 1 is 1.08 bits per heavy atom. The number of rotatable bonds is 3. The molecule has 0 saturated carbocycles. The van der Waals surface area contributed by atoms with Gasteiger partial charge >= 0.3 is 0 Å². The van der Waals surface area contributed by atoms with Crippen LogP contribution in [-0.4, -0.2) is 33.9 Å². The third-order valence-electron chi connectivity index (χ3n) is 5.26. The maximum Gasteiger partial charge on any atom is 0.273 e. The van der Waals surface area contributed by atoms with Gasteiger partial charge in [-0.2, -0.15) is 0 Å². The molecule has 1 fully saturated rings. The van der Waals surface area contributed by atoms with Gasteiger partial charge in [0.25, 0.3) is 5.91 Å². The molecular weight excluding hydrogens is 322 g/mol. The van der Waals surface area contributed by atoms with Crippen molar-refractivity contribution < 1.29 is 4.79 Å². The van der Waals surface area contributed by atoms with Gasteiger partial charge in [0.15, 0.2) is 0 Å². The van der Waals surface area contributed by atoms with Gasteiger partial charge < -0.3 is 4.90 Å². The monoisotopic (exact) mass is 345 g/mol. The van der Waals surface area contributed by atoms with Crippen LogP contribution >= 0.6 is 0 Å². The van der Waals surface area contributed by atoms with Gasteiger partial charge in [0.1, 0.15) is 5.69 Å². The van der Waals surface area contributed by atoms with Crippen molar-refractivity contribution in [3.8, 4) is 0 Å². The summed E-state index contributed by atoms with van der Waals surface area (Å²) in [6.07, 6.45) is 6.76. The van der Waals surface area contributed by atoms with Gasteiger partial charge in [0.2, 0.25) is 0 Å². The summed E-state index contributed by atoms with van der Waals surface area (Å²) < 4.78 is 0. The van der Waals surface area contributed by atoms with E-state index in [-0.39, 0.29) is 5.91 Å². The second kappa shape index (κ2) is 7.24. The molecule has 4 nitrogen and oxygen atoms in total. The first-order valence-electron chi connectivity index (χ1n) is 9.25. The Balaban J connectivity index is 1.43. The molecule has 3 aromatic rings. The molecule has 4 rings (SSSR count). The number of piperidine rings is 1. The summed E-state index contributed by atoms with van der Waals surface area (Å²) in [5, 5.41) is 2.00. The summed E-state index contributed by atoms with van der Waals surface area (Å²) in [6.45, 7) is 3.64. The highest BCUT2D eigenvalue weighted by Gasteiger charge is 2.25. The molecular formula is C22H23N3O. The van der Waals surface area contributed by atoms with E-state index in [1.807, 2.05) is 48.4 Å². The lowest BCUT2D eigenvalue weighted by Crippen LogP contribution is -2.39. The first kappa shape index (κ1) is 16.7. The average Bonchev–Trinajstić information content (AvgIpc) is 2.68. The van der Waals surface area contributed by atoms with E-state index in [1.165, 1.54) is 5.56 Å². The molecule has 0 spiro atoms. The fourth-order valence-corrected chi connectivity index (χ4v) is 3.84. The zero-order chi connectivity index (χ0) is 17.9. The number of likely N-dealkylation sites (tertiary alicyclic amines) is 1. The van der Waals surface area contributed by atoms with Crippen molar-refractivity contribution >= 4 is 16.7 Å². The van der Waals surface area contributed by atoms with Crippen molar-refractivity contribution in [3.63, 3.8) is 0 Å². The lowest BCUT2D eigenvalue weighted by atomic mass is 9.90. The fraction of sp³-hybridized carbons (Fsp3) is 0.318. The van der Waals surface area contributed by atoms with Crippen LogP contribution in [0.5, 0.6) is 0 Å². The highest BCUT2D eigenvalue weighted by atomic mass is 16.2. The predicted molar refractivity (Wildman–Crippen MR) is 103 cm³/mol. The molecule has 1 aliphatic heterocycles. The molecule has 0 N–H and O–H groups in total. The Labute approximate surface area is 153 Å². The van der Waals surface area contributed by atoms with Crippen LogP contribution in [0.3, 0.4) is 0 Å². The van der Waals surface area contributed by atoms with Crippen LogP contribution in [-0.2, 0) is 6.42 Å². The maximum absolute atomic E-state index is 13.0. The summed E-state index contributed by atoms with van der Waals surface area (Å²) in [4.78, 5) is 23.6. The number of aryl methyl sites for hydroxylation is 1. The SMILES string of the molecule is Cc1cc(CC2CCN(C(=O)c3nccc4ccccc34)CC2)ccn1. The van der Waals surface area contributed by atoms with E-state index in [9.17, 15) is 4.79 Å². The number of aromatic nitrogens is 2. The van der Waals surface area contributed by atoms with E-state index < -0.39 is 0 Å². The van der Waals surface area contributed by atoms with Gasteiger partial charge in [-0.3, -0.25) is 14.8 Å². The Morgan fingerprint density at radius 2 is 1.85 bits per heavy atom. The van der Waals surface area contributed by atoms with Crippen LogP contribution in [0.15, 0.2) is 54.9 Å². The number of amides is 1. The van der Waals surface area contributed by atoms with Gasteiger partial charge in [-0.25, -0.2) is 0 Å². The standard InChI is InChI=1S/C22H23N3O/c1-16-14-18(6-10-23-16)15-17-8-12-25(13-9-17)22(26)21-20-5-3-2-4-19(20)7-11-24-21/h2-7,10-11,14,17H,8-9,12-13,15H2,1H3. The minimum Gasteiger partial charge on any atom is -0.337 e. The van der Waals surface area contributed by atoms with Crippen molar-refractivity contribution in [2.75, 3.05) is 13.1 Å². The number of fused-ring (bicyclic) bond motifs is 1. The van der Waals surface area contributed by atoms with E-state index in [1.54, 1.807) is 6.20 Å². The number of carbonyl (C=O) groups excluding carboxylic acids is 1. The Morgan fingerprint density at radius 3 is 2.65 bits per heavy atom. The third kappa shape index (κ3) is 3.45. The molecule has 1 aromatic carbocycles. The van der Waals surface area contributed by atoms with Gasteiger partial charge in [0.05, 0.1) is 0 Å². The smallest absolute Gasteiger partial charge is 0.273 e. The van der Waals surface area contributed by atoms with Crippen molar-refractivity contribution in [3.05, 3.63) is 71.8 Å². The summed E-state index contributed by atoms with van der Waals surface area (Å²) in [7, 11) is 0. The number of nitrogens with zero attached hydrogens (tertiary/aromatic N) is 3. The normalized spacial score (nSPS) is 15.3. The summed E-state index contributed by atoms with van der Waals surface area (Å²) in [5.74, 6) is 0.682. The molecule has 2 aromatic heterocycles. The molecule has 1 aliphatic rings. The zero-order valence-electron chi connectivity index (χ0n) is 15.1. The fourth-order valence-electron chi connectivity index (χ4n) is 3.84. The van der Waals surface area contributed by atoms with Crippen molar-refractivity contribution in [2.45, 2.75) is 26.2 Å². The Kier molecular flexibility index (Phi) is 4.65. The largest absolute Gasteiger partial charge is 0.337 e. The van der Waals surface area contributed by atoms with Crippen LogP contribution in [0.4, 0.5) is 0 Å². The van der Waals surface area contributed by atoms with E-state index in [0.29, 0.717) is 11.6 Å². The molecule has 3 heterocycles. The second-order valence-corrected chi connectivity index (χ2v) is 7.13. The summed E-state index contributed by atoms with van der Waals surface area (Å²) in [5.41, 5.74) is 2.99. The number of benzene rings is 1. The topological polar surface area (TPSA) is 46.1 Å². The van der Waals surface area contributed by atoms with Crippen LogP contribution in [0.25, 0.3) is 10.8 Å². The lowest BCUT2D eigenvalue weighted by molar-refractivity contribution is 0.0687. The van der Waals surface area contributed by atoms with Crippen molar-refractivity contribution in [2.24, 2.45) is 5.92 Å². The first-order valence-corrected chi connectivity index (χ1v) is 9.25. The molecule has 26 heavy (non-hydrogen) atoms. The molecule has 4 heteroatoms. The summed E-state index contributed by atoms with van der Waals surface area (Å²) in [6, 6.07) is 14.2. The Hall–Kier alpha value is -2.75. The molecule has 0 aliphatic carbocycles. The third-order valence-corrected chi connectivity index (χ3v) is 5.26. The maximum atomic E-state index is 13.0. The minimum absolute atomic E-state index is 0.0556. The van der Waals surface area contributed by atoms with E-state index in [2.05, 4.69) is 22.1 Å². The average molecular weight is 345 g/mol. The number of pyridine rings is 2. The van der Waals surface area contributed by atoms with Gasteiger partial charge in [0, 0.05) is 36.6 Å². The minimum atomic E-state index is 0.0556. The van der Waals surface area contributed by atoms with Gasteiger partial charge in [-0.05, 0) is 61.3 Å². The number of carbonyl (C=O) groups is 1. The quantitative estimate of drug-likeness (QED) is 0.720. The van der Waals surface area contributed by atoms with Crippen molar-refractivity contribution in [1.29, 1.82) is 0 Å². The predicted octanol–water partition coefficient (Wildman–Crippen LogP) is 4.03. The molecule has 0 bridgehead atoms. The second-order valence-electron chi connectivity index (χ2n) is 7.13. The van der Waals surface area contributed by atoms with Crippen molar-refractivity contribution in [1.82, 2.24) is 14.9 Å². The molecule has 0 atom stereocenters. The molecule has 1 saturated heterocycles. The Bertz CT molecular complexity index is 924. The van der Waals surface area contributed by atoms with E-state index in [4.69, 9.17) is 0 Å². The molecule has 1 amide bonds. The molecule has 132 valence electrons. The number of hydrogen-bond acceptors (Lipinski definition) is 3. The van der Waals surface area contributed by atoms with Crippen LogP contribution in [0, 0.1) is 12.8 Å². The number of hydrogen-bond donors (Lipinski definition) is 0. The molecule has 0 unspecified atom stereocenters. The van der Waals surface area contributed by atoms with Crippen LogP contribution < -0.4 is 0 Å². The summed E-state index contributed by atoms with van der Waals surface area (Å²) >= 11 is 0. The van der Waals surface area contributed by atoms with E-state index in [0.717, 1.165) is 48.8 Å². The van der Waals surface area contributed by atoms with Crippen LogP contribution in [0.1, 0.15) is 34.6 Å². The van der Waals surface area contributed by atoms with Crippen LogP contribution in [0.2, 0.25) is 0 Å². The lowest BCUT2D eigenvalue weighted by Gasteiger charge is -2.32. The molecule has 0 radical (unpaired) electrons. The van der Waals surface area contributed by atoms with Gasteiger partial charge in [-0.1, -0.05) is 24.3 Å². The first-order chi connectivity index (χ1) is 12.7. The highest BCUT2D eigenvalue weighted by molar-refractivity contribution is 6.05. The highest BCUT2D eigenvalue weighted by Crippen LogP contribution is 2.24. The van der Waals surface area contributed by atoms with E-state index >= 15 is 0 Å².